The number of carboxylic acid groups (broad SMARTS) is 1. The summed E-state index contributed by atoms with van der Waals surface area (Å²) in [6.07, 6.45) is 1.61. The maximum atomic E-state index is 11.5. The van der Waals surface area contributed by atoms with Crippen LogP contribution in [0.3, 0.4) is 0 Å². The monoisotopic (exact) mass is 379 g/mol. The summed E-state index contributed by atoms with van der Waals surface area (Å²) in [7, 11) is 0. The third-order valence-electron chi connectivity index (χ3n) is 4.54. The molecule has 0 saturated carbocycles. The lowest BCUT2D eigenvalue weighted by Crippen LogP contribution is -2.41. The Hall–Kier alpha value is -1.56. The number of rotatable bonds is 6. The summed E-state index contributed by atoms with van der Waals surface area (Å²) < 4.78 is 6.58. The number of hydrogen-bond acceptors (Lipinski definition) is 4. The zero-order valence-electron chi connectivity index (χ0n) is 14.2. The van der Waals surface area contributed by atoms with Crippen molar-refractivity contribution in [3.05, 3.63) is 51.2 Å². The number of ether oxygens (including phenoxy) is 1. The normalized spacial score (nSPS) is 19.5. The maximum Gasteiger partial charge on any atom is 0.307 e. The van der Waals surface area contributed by atoms with Crippen molar-refractivity contribution in [1.82, 2.24) is 4.90 Å². The van der Waals surface area contributed by atoms with Crippen LogP contribution in [0.2, 0.25) is 4.34 Å². The van der Waals surface area contributed by atoms with Gasteiger partial charge in [0.1, 0.15) is 5.75 Å². The first-order valence-corrected chi connectivity index (χ1v) is 9.73. The van der Waals surface area contributed by atoms with Crippen LogP contribution in [0.25, 0.3) is 0 Å². The summed E-state index contributed by atoms with van der Waals surface area (Å²) in [5.41, 5.74) is 1.06. The van der Waals surface area contributed by atoms with Gasteiger partial charge in [0.25, 0.3) is 0 Å². The predicted molar refractivity (Wildman–Crippen MR) is 101 cm³/mol. The smallest absolute Gasteiger partial charge is 0.307 e. The molecule has 134 valence electrons. The average Bonchev–Trinajstić information content (AvgIpc) is 3.03. The number of aliphatic carboxylic acids is 1. The first kappa shape index (κ1) is 18.2. The highest BCUT2D eigenvalue weighted by Gasteiger charge is 2.33. The summed E-state index contributed by atoms with van der Waals surface area (Å²) in [5.74, 6) is -0.200. The summed E-state index contributed by atoms with van der Waals surface area (Å²) in [5, 5.41) is 9.45. The highest BCUT2D eigenvalue weighted by Crippen LogP contribution is 2.40. The number of likely N-dealkylation sites (tertiary alicyclic amines) is 1. The molecule has 0 radical (unpaired) electrons. The fraction of sp³-hybridized carbons (Fsp3) is 0.421. The van der Waals surface area contributed by atoms with Gasteiger partial charge < -0.3 is 9.84 Å². The molecule has 0 bridgehead atoms. The number of halogens is 1. The largest absolute Gasteiger partial charge is 0.494 e. The second kappa shape index (κ2) is 8.21. The Labute approximate surface area is 157 Å². The molecule has 25 heavy (non-hydrogen) atoms. The third kappa shape index (κ3) is 4.17. The van der Waals surface area contributed by atoms with Crippen LogP contribution >= 0.6 is 22.9 Å². The lowest BCUT2D eigenvalue weighted by molar-refractivity contribution is -0.143. The number of carbonyl (C=O) groups is 1. The second-order valence-electron chi connectivity index (χ2n) is 6.19. The molecule has 0 aliphatic carbocycles. The number of carboxylic acids is 1. The Balaban J connectivity index is 2.00. The minimum absolute atomic E-state index is 0.0394. The SMILES string of the molecule is CCOc1ccccc1C(c1ccc(Cl)s1)N1CCCC(C(=O)O)C1. The number of thiophene rings is 1. The van der Waals surface area contributed by atoms with Crippen LogP contribution in [0.15, 0.2) is 36.4 Å². The Kier molecular flexibility index (Phi) is 5.99. The molecular formula is C19H22ClNO3S. The number of piperidine rings is 1. The Morgan fingerprint density at radius 1 is 1.40 bits per heavy atom. The van der Waals surface area contributed by atoms with Crippen molar-refractivity contribution in [3.8, 4) is 5.75 Å². The predicted octanol–water partition coefficient (Wildman–Crippen LogP) is 4.69. The maximum absolute atomic E-state index is 11.5. The molecule has 0 amide bonds. The van der Waals surface area contributed by atoms with Crippen LogP contribution in [0.1, 0.15) is 36.2 Å². The second-order valence-corrected chi connectivity index (χ2v) is 7.93. The fourth-order valence-corrected chi connectivity index (χ4v) is 4.66. The fourth-order valence-electron chi connectivity index (χ4n) is 3.44. The van der Waals surface area contributed by atoms with Crippen molar-refractivity contribution in [2.24, 2.45) is 5.92 Å². The molecule has 6 heteroatoms. The van der Waals surface area contributed by atoms with Crippen LogP contribution in [0, 0.1) is 5.92 Å². The van der Waals surface area contributed by atoms with E-state index in [4.69, 9.17) is 16.3 Å². The van der Waals surface area contributed by atoms with Crippen LogP contribution in [0.5, 0.6) is 5.75 Å². The van der Waals surface area contributed by atoms with E-state index < -0.39 is 5.97 Å². The summed E-state index contributed by atoms with van der Waals surface area (Å²) in [6.45, 7) is 3.96. The van der Waals surface area contributed by atoms with Gasteiger partial charge in [-0.15, -0.1) is 11.3 Å². The number of hydrogen-bond donors (Lipinski definition) is 1. The van der Waals surface area contributed by atoms with Gasteiger partial charge in [-0.05, 0) is 44.5 Å². The topological polar surface area (TPSA) is 49.8 Å². The zero-order valence-corrected chi connectivity index (χ0v) is 15.7. The molecular weight excluding hydrogens is 358 g/mol. The summed E-state index contributed by atoms with van der Waals surface area (Å²) in [4.78, 5) is 14.9. The minimum Gasteiger partial charge on any atom is -0.494 e. The minimum atomic E-state index is -0.717. The molecule has 4 nitrogen and oxygen atoms in total. The van der Waals surface area contributed by atoms with Crippen molar-refractivity contribution in [2.45, 2.75) is 25.8 Å². The van der Waals surface area contributed by atoms with Gasteiger partial charge in [-0.3, -0.25) is 9.69 Å². The standard InChI is InChI=1S/C19H22ClNO3S/c1-2-24-15-8-4-3-7-14(15)18(16-9-10-17(20)25-16)21-11-5-6-13(12-21)19(22)23/h3-4,7-10,13,18H,2,5-6,11-12H2,1H3,(H,22,23). The van der Waals surface area contributed by atoms with Crippen LogP contribution in [-0.4, -0.2) is 35.7 Å². The van der Waals surface area contributed by atoms with Crippen molar-refractivity contribution in [1.29, 1.82) is 0 Å². The number of para-hydroxylation sites is 1. The average molecular weight is 380 g/mol. The van der Waals surface area contributed by atoms with Crippen LogP contribution in [-0.2, 0) is 4.79 Å². The molecule has 1 aliphatic heterocycles. The van der Waals surface area contributed by atoms with E-state index in [1.807, 2.05) is 37.3 Å². The molecule has 1 saturated heterocycles. The molecule has 2 atom stereocenters. The Morgan fingerprint density at radius 2 is 2.20 bits per heavy atom. The van der Waals surface area contributed by atoms with Gasteiger partial charge in [-0.25, -0.2) is 0 Å². The van der Waals surface area contributed by atoms with E-state index in [2.05, 4.69) is 11.0 Å². The first-order chi connectivity index (χ1) is 12.1. The van der Waals surface area contributed by atoms with Crippen molar-refractivity contribution >= 4 is 28.9 Å². The van der Waals surface area contributed by atoms with Crippen LogP contribution in [0.4, 0.5) is 0 Å². The Morgan fingerprint density at radius 3 is 2.88 bits per heavy atom. The molecule has 2 heterocycles. The quantitative estimate of drug-likeness (QED) is 0.791. The zero-order chi connectivity index (χ0) is 17.8. The van der Waals surface area contributed by atoms with Crippen molar-refractivity contribution < 1.29 is 14.6 Å². The van der Waals surface area contributed by atoms with Crippen molar-refractivity contribution in [2.75, 3.05) is 19.7 Å². The van der Waals surface area contributed by atoms with E-state index in [0.717, 1.165) is 39.9 Å². The molecule has 2 aromatic rings. The molecule has 1 aliphatic rings. The highest BCUT2D eigenvalue weighted by molar-refractivity contribution is 7.16. The van der Waals surface area contributed by atoms with E-state index in [0.29, 0.717) is 13.2 Å². The Bertz CT molecular complexity index is 733. The molecule has 0 spiro atoms. The molecule has 1 aromatic carbocycles. The van der Waals surface area contributed by atoms with E-state index in [1.54, 1.807) is 11.3 Å². The number of benzene rings is 1. The van der Waals surface area contributed by atoms with Gasteiger partial charge in [0.15, 0.2) is 0 Å². The number of nitrogens with zero attached hydrogens (tertiary/aromatic N) is 1. The van der Waals surface area contributed by atoms with Gasteiger partial charge >= 0.3 is 5.97 Å². The van der Waals surface area contributed by atoms with Gasteiger partial charge in [0.2, 0.25) is 0 Å². The summed E-state index contributed by atoms with van der Waals surface area (Å²) in [6, 6.07) is 11.9. The third-order valence-corrected chi connectivity index (χ3v) is 5.83. The first-order valence-electron chi connectivity index (χ1n) is 8.54. The van der Waals surface area contributed by atoms with Crippen LogP contribution < -0.4 is 4.74 Å². The van der Waals surface area contributed by atoms with Gasteiger partial charge in [-0.1, -0.05) is 29.8 Å². The van der Waals surface area contributed by atoms with Gasteiger partial charge in [-0.2, -0.15) is 0 Å². The lowest BCUT2D eigenvalue weighted by Gasteiger charge is -2.37. The van der Waals surface area contributed by atoms with Gasteiger partial charge in [0.05, 0.1) is 22.9 Å². The molecule has 1 fully saturated rings. The highest BCUT2D eigenvalue weighted by atomic mass is 35.5. The molecule has 1 N–H and O–H groups in total. The van der Waals surface area contributed by atoms with Crippen molar-refractivity contribution in [3.63, 3.8) is 0 Å². The van der Waals surface area contributed by atoms with E-state index in [-0.39, 0.29) is 12.0 Å². The van der Waals surface area contributed by atoms with E-state index in [9.17, 15) is 9.90 Å². The van der Waals surface area contributed by atoms with Gasteiger partial charge in [0, 0.05) is 17.0 Å². The molecule has 1 aromatic heterocycles. The molecule has 2 unspecified atom stereocenters. The van der Waals surface area contributed by atoms with E-state index in [1.165, 1.54) is 0 Å². The summed E-state index contributed by atoms with van der Waals surface area (Å²) >= 11 is 7.73. The van der Waals surface area contributed by atoms with E-state index >= 15 is 0 Å². The molecule has 3 rings (SSSR count). The lowest BCUT2D eigenvalue weighted by atomic mass is 9.94.